The lowest BCUT2D eigenvalue weighted by molar-refractivity contribution is 0.0947. The van der Waals surface area contributed by atoms with Crippen molar-refractivity contribution in [2.45, 2.75) is 19.4 Å². The lowest BCUT2D eigenvalue weighted by atomic mass is 10.1. The zero-order valence-electron chi connectivity index (χ0n) is 13.3. The molecule has 2 N–H and O–H groups in total. The minimum Gasteiger partial charge on any atom is -0.388 e. The summed E-state index contributed by atoms with van der Waals surface area (Å²) in [5.41, 5.74) is 1.99. The Morgan fingerprint density at radius 2 is 2.00 bits per heavy atom. The topological polar surface area (TPSA) is 49.3 Å². The molecule has 0 unspecified atom stereocenters. The van der Waals surface area contributed by atoms with Gasteiger partial charge in [-0.3, -0.25) is 4.79 Å². The predicted molar refractivity (Wildman–Crippen MR) is 99.9 cm³/mol. The molecular formula is C19H18ClNO2S. The Hall–Kier alpha value is -1.88. The van der Waals surface area contributed by atoms with Crippen LogP contribution in [-0.2, 0) is 0 Å². The van der Waals surface area contributed by atoms with E-state index in [4.69, 9.17) is 11.6 Å². The third kappa shape index (κ3) is 3.61. The van der Waals surface area contributed by atoms with Gasteiger partial charge < -0.3 is 10.4 Å². The third-order valence-corrected chi connectivity index (χ3v) is 5.53. The van der Waals surface area contributed by atoms with E-state index < -0.39 is 6.10 Å². The van der Waals surface area contributed by atoms with Gasteiger partial charge in [0.25, 0.3) is 5.91 Å². The molecule has 3 nitrogen and oxygen atoms in total. The smallest absolute Gasteiger partial charge is 0.262 e. The summed E-state index contributed by atoms with van der Waals surface area (Å²) in [6.07, 6.45) is -0.135. The van der Waals surface area contributed by atoms with E-state index in [9.17, 15) is 9.90 Å². The van der Waals surface area contributed by atoms with E-state index in [0.29, 0.717) is 22.9 Å². The number of halogens is 1. The van der Waals surface area contributed by atoms with Crippen LogP contribution in [-0.4, -0.2) is 17.6 Å². The van der Waals surface area contributed by atoms with E-state index in [1.54, 1.807) is 0 Å². The predicted octanol–water partition coefficient (Wildman–Crippen LogP) is 4.72. The van der Waals surface area contributed by atoms with Crippen molar-refractivity contribution in [2.75, 3.05) is 6.54 Å². The van der Waals surface area contributed by atoms with E-state index in [-0.39, 0.29) is 5.91 Å². The fourth-order valence-corrected chi connectivity index (χ4v) is 4.09. The van der Waals surface area contributed by atoms with Crippen LogP contribution < -0.4 is 5.32 Å². The van der Waals surface area contributed by atoms with Gasteiger partial charge in [-0.25, -0.2) is 0 Å². The molecule has 1 heterocycles. The van der Waals surface area contributed by atoms with Gasteiger partial charge in [-0.1, -0.05) is 54.1 Å². The van der Waals surface area contributed by atoms with Gasteiger partial charge in [0.1, 0.15) is 4.88 Å². The number of benzene rings is 2. The molecule has 0 saturated carbocycles. The Bertz CT molecular complexity index is 860. The number of amides is 1. The molecular weight excluding hydrogens is 342 g/mol. The lowest BCUT2D eigenvalue weighted by Gasteiger charge is -2.11. The molecule has 0 saturated heterocycles. The van der Waals surface area contributed by atoms with Crippen LogP contribution in [0.3, 0.4) is 0 Å². The molecule has 0 fully saturated rings. The fourth-order valence-electron chi connectivity index (χ4n) is 2.56. The minimum atomic E-state index is -0.591. The summed E-state index contributed by atoms with van der Waals surface area (Å²) in [6.45, 7) is 2.40. The lowest BCUT2D eigenvalue weighted by Crippen LogP contribution is -2.25. The summed E-state index contributed by atoms with van der Waals surface area (Å²) in [7, 11) is 0. The Balaban J connectivity index is 1.64. The van der Waals surface area contributed by atoms with E-state index in [1.165, 1.54) is 11.3 Å². The quantitative estimate of drug-likeness (QED) is 0.692. The minimum absolute atomic E-state index is 0.195. The van der Waals surface area contributed by atoms with E-state index in [1.807, 2.05) is 55.5 Å². The molecule has 0 aliphatic rings. The summed E-state index contributed by atoms with van der Waals surface area (Å²) in [5.74, 6) is -0.195. The molecule has 2 aromatic carbocycles. The first-order valence-corrected chi connectivity index (χ1v) is 8.95. The van der Waals surface area contributed by atoms with Crippen LogP contribution in [0.4, 0.5) is 0 Å². The molecule has 1 aromatic heterocycles. The second-order valence-corrected chi connectivity index (χ2v) is 7.15. The van der Waals surface area contributed by atoms with E-state index >= 15 is 0 Å². The molecule has 0 aliphatic heterocycles. The maximum atomic E-state index is 12.4. The maximum absolute atomic E-state index is 12.4. The van der Waals surface area contributed by atoms with Gasteiger partial charge in [0, 0.05) is 16.6 Å². The van der Waals surface area contributed by atoms with Crippen molar-refractivity contribution >= 4 is 38.9 Å². The highest BCUT2D eigenvalue weighted by molar-refractivity contribution is 7.21. The number of aryl methyl sites for hydroxylation is 1. The van der Waals surface area contributed by atoms with Gasteiger partial charge in [-0.15, -0.1) is 11.3 Å². The Morgan fingerprint density at radius 1 is 1.25 bits per heavy atom. The molecule has 0 bridgehead atoms. The Morgan fingerprint density at radius 3 is 2.75 bits per heavy atom. The van der Waals surface area contributed by atoms with Gasteiger partial charge in [-0.05, 0) is 30.5 Å². The zero-order chi connectivity index (χ0) is 17.1. The highest BCUT2D eigenvalue weighted by Gasteiger charge is 2.17. The van der Waals surface area contributed by atoms with Crippen molar-refractivity contribution in [3.63, 3.8) is 0 Å². The van der Waals surface area contributed by atoms with Crippen molar-refractivity contribution in [3.05, 3.63) is 69.6 Å². The first-order valence-electron chi connectivity index (χ1n) is 7.76. The highest BCUT2D eigenvalue weighted by Crippen LogP contribution is 2.35. The second-order valence-electron chi connectivity index (χ2n) is 5.72. The molecule has 24 heavy (non-hydrogen) atoms. The molecule has 0 radical (unpaired) electrons. The van der Waals surface area contributed by atoms with Crippen LogP contribution in [0.15, 0.2) is 48.5 Å². The van der Waals surface area contributed by atoms with Crippen molar-refractivity contribution in [3.8, 4) is 0 Å². The maximum Gasteiger partial charge on any atom is 0.262 e. The average Bonchev–Trinajstić information content (AvgIpc) is 2.91. The molecule has 1 atom stereocenters. The van der Waals surface area contributed by atoms with Gasteiger partial charge >= 0.3 is 0 Å². The molecule has 124 valence electrons. The first kappa shape index (κ1) is 17.0. The second kappa shape index (κ2) is 7.34. The van der Waals surface area contributed by atoms with E-state index in [0.717, 1.165) is 21.2 Å². The molecule has 0 aliphatic carbocycles. The summed E-state index contributed by atoms with van der Waals surface area (Å²) in [6, 6.07) is 15.4. The highest BCUT2D eigenvalue weighted by atomic mass is 35.5. The standard InChI is InChI=1S/C19H18ClNO2S/c1-12-7-8-14-16(11-12)24-18(17(14)20)19(23)21-10-9-15(22)13-5-3-2-4-6-13/h2-8,11,15,22H,9-10H2,1H3,(H,21,23)/t15-/m1/s1. The van der Waals surface area contributed by atoms with Crippen LogP contribution in [0.25, 0.3) is 10.1 Å². The zero-order valence-corrected chi connectivity index (χ0v) is 14.8. The number of fused-ring (bicyclic) bond motifs is 1. The van der Waals surface area contributed by atoms with Crippen molar-refractivity contribution in [1.29, 1.82) is 0 Å². The Labute approximate surface area is 149 Å². The summed E-state index contributed by atoms with van der Waals surface area (Å²) < 4.78 is 1.01. The van der Waals surface area contributed by atoms with Crippen LogP contribution in [0.5, 0.6) is 0 Å². The number of thiophene rings is 1. The number of carbonyl (C=O) groups excluding carboxylic acids is 1. The molecule has 3 aromatic rings. The summed E-state index contributed by atoms with van der Waals surface area (Å²) in [5, 5.41) is 14.4. The Kier molecular flexibility index (Phi) is 5.19. The van der Waals surface area contributed by atoms with Gasteiger partial charge in [-0.2, -0.15) is 0 Å². The SMILES string of the molecule is Cc1ccc2c(Cl)c(C(=O)NCC[C@@H](O)c3ccccc3)sc2c1. The number of hydrogen-bond donors (Lipinski definition) is 2. The average molecular weight is 360 g/mol. The number of aliphatic hydroxyl groups is 1. The van der Waals surface area contributed by atoms with E-state index in [2.05, 4.69) is 5.32 Å². The number of hydrogen-bond acceptors (Lipinski definition) is 3. The fraction of sp³-hybridized carbons (Fsp3) is 0.211. The van der Waals surface area contributed by atoms with Crippen LogP contribution in [0.1, 0.15) is 33.3 Å². The summed E-state index contributed by atoms with van der Waals surface area (Å²) >= 11 is 7.74. The number of nitrogens with one attached hydrogen (secondary N) is 1. The molecule has 3 rings (SSSR count). The van der Waals surface area contributed by atoms with Crippen LogP contribution >= 0.6 is 22.9 Å². The normalized spacial score (nSPS) is 12.3. The monoisotopic (exact) mass is 359 g/mol. The van der Waals surface area contributed by atoms with Crippen molar-refractivity contribution in [2.24, 2.45) is 0 Å². The third-order valence-electron chi connectivity index (χ3n) is 3.88. The summed E-state index contributed by atoms with van der Waals surface area (Å²) in [4.78, 5) is 12.9. The van der Waals surface area contributed by atoms with Gasteiger partial charge in [0.05, 0.1) is 11.1 Å². The van der Waals surface area contributed by atoms with Crippen LogP contribution in [0.2, 0.25) is 5.02 Å². The largest absolute Gasteiger partial charge is 0.388 e. The number of rotatable bonds is 5. The van der Waals surface area contributed by atoms with Gasteiger partial charge in [0.2, 0.25) is 0 Å². The van der Waals surface area contributed by atoms with Gasteiger partial charge in [0.15, 0.2) is 0 Å². The number of aliphatic hydroxyl groups excluding tert-OH is 1. The molecule has 0 spiro atoms. The number of carbonyl (C=O) groups is 1. The van der Waals surface area contributed by atoms with Crippen molar-refractivity contribution < 1.29 is 9.90 Å². The molecule has 1 amide bonds. The molecule has 5 heteroatoms. The van der Waals surface area contributed by atoms with Crippen molar-refractivity contribution in [1.82, 2.24) is 5.32 Å². The first-order chi connectivity index (χ1) is 11.6. The van der Waals surface area contributed by atoms with Crippen LogP contribution in [0, 0.1) is 6.92 Å².